The third kappa shape index (κ3) is 4.84. The Morgan fingerprint density at radius 2 is 1.83 bits per heavy atom. The molecule has 106 valence electrons. The maximum Gasteiger partial charge on any atom is 0.0507 e. The smallest absolute Gasteiger partial charge is 0.0507 e. The predicted octanol–water partition coefficient (Wildman–Crippen LogP) is 0.640. The fourth-order valence-electron chi connectivity index (χ4n) is 2.84. The first-order chi connectivity index (χ1) is 8.88. The number of ether oxygens (including phenoxy) is 1. The van der Waals surface area contributed by atoms with E-state index in [1.54, 1.807) is 0 Å². The minimum Gasteiger partial charge on any atom is -0.381 e. The van der Waals surface area contributed by atoms with E-state index in [-0.39, 0.29) is 0 Å². The summed E-state index contributed by atoms with van der Waals surface area (Å²) in [5.41, 5.74) is 0. The van der Waals surface area contributed by atoms with Crippen LogP contribution in [0.5, 0.6) is 0 Å². The SMILES string of the molecule is CCCN1CCN(CCNCC2CCOC2)CC1. The fourth-order valence-corrected chi connectivity index (χ4v) is 2.84. The lowest BCUT2D eigenvalue weighted by molar-refractivity contribution is 0.132. The van der Waals surface area contributed by atoms with Crippen LogP contribution in [0, 0.1) is 5.92 Å². The number of hydrogen-bond donors (Lipinski definition) is 1. The van der Waals surface area contributed by atoms with Gasteiger partial charge >= 0.3 is 0 Å². The van der Waals surface area contributed by atoms with E-state index >= 15 is 0 Å². The quantitative estimate of drug-likeness (QED) is 0.676. The van der Waals surface area contributed by atoms with E-state index in [0.29, 0.717) is 0 Å². The molecule has 0 radical (unpaired) electrons. The van der Waals surface area contributed by atoms with Crippen molar-refractivity contribution in [3.63, 3.8) is 0 Å². The highest BCUT2D eigenvalue weighted by atomic mass is 16.5. The van der Waals surface area contributed by atoms with E-state index in [1.165, 1.54) is 52.1 Å². The summed E-state index contributed by atoms with van der Waals surface area (Å²) in [4.78, 5) is 5.17. The zero-order chi connectivity index (χ0) is 12.6. The summed E-state index contributed by atoms with van der Waals surface area (Å²) in [5.74, 6) is 0.756. The van der Waals surface area contributed by atoms with Gasteiger partial charge < -0.3 is 15.0 Å². The van der Waals surface area contributed by atoms with E-state index in [4.69, 9.17) is 4.74 Å². The van der Waals surface area contributed by atoms with Gasteiger partial charge in [0.1, 0.15) is 0 Å². The molecule has 2 rings (SSSR count). The lowest BCUT2D eigenvalue weighted by atomic mass is 10.1. The van der Waals surface area contributed by atoms with Crippen molar-refractivity contribution in [1.82, 2.24) is 15.1 Å². The minimum absolute atomic E-state index is 0.756. The number of piperazine rings is 1. The van der Waals surface area contributed by atoms with Crippen molar-refractivity contribution in [3.05, 3.63) is 0 Å². The summed E-state index contributed by atoms with van der Waals surface area (Å²) in [6.07, 6.45) is 2.52. The number of hydrogen-bond acceptors (Lipinski definition) is 4. The van der Waals surface area contributed by atoms with Crippen molar-refractivity contribution in [3.8, 4) is 0 Å². The molecule has 4 nitrogen and oxygen atoms in total. The van der Waals surface area contributed by atoms with Crippen molar-refractivity contribution in [2.24, 2.45) is 5.92 Å². The van der Waals surface area contributed by atoms with Crippen LogP contribution in [0.1, 0.15) is 19.8 Å². The van der Waals surface area contributed by atoms with E-state index in [0.717, 1.165) is 32.2 Å². The molecule has 0 amide bonds. The highest BCUT2D eigenvalue weighted by Gasteiger charge is 2.17. The Morgan fingerprint density at radius 3 is 2.44 bits per heavy atom. The van der Waals surface area contributed by atoms with Gasteiger partial charge in [-0.3, -0.25) is 4.90 Å². The average Bonchev–Trinajstić information content (AvgIpc) is 2.90. The summed E-state index contributed by atoms with van der Waals surface area (Å²) in [6, 6.07) is 0. The van der Waals surface area contributed by atoms with Crippen LogP contribution in [0.25, 0.3) is 0 Å². The number of nitrogens with one attached hydrogen (secondary N) is 1. The summed E-state index contributed by atoms with van der Waals surface area (Å²) in [7, 11) is 0. The Morgan fingerprint density at radius 1 is 1.11 bits per heavy atom. The molecule has 2 saturated heterocycles. The van der Waals surface area contributed by atoms with E-state index in [2.05, 4.69) is 22.0 Å². The molecule has 0 spiro atoms. The molecular weight excluding hydrogens is 226 g/mol. The molecular formula is C14H29N3O. The Hall–Kier alpha value is -0.160. The van der Waals surface area contributed by atoms with Crippen LogP contribution in [0.15, 0.2) is 0 Å². The highest BCUT2D eigenvalue weighted by Crippen LogP contribution is 2.10. The van der Waals surface area contributed by atoms with Gasteiger partial charge in [0.2, 0.25) is 0 Å². The molecule has 0 saturated carbocycles. The molecule has 0 bridgehead atoms. The molecule has 0 aromatic heterocycles. The molecule has 18 heavy (non-hydrogen) atoms. The van der Waals surface area contributed by atoms with Gasteiger partial charge in [-0.25, -0.2) is 0 Å². The molecule has 4 heteroatoms. The van der Waals surface area contributed by atoms with Crippen LogP contribution in [-0.4, -0.2) is 75.4 Å². The number of nitrogens with zero attached hydrogens (tertiary/aromatic N) is 2. The third-order valence-corrected chi connectivity index (χ3v) is 4.07. The standard InChI is InChI=1S/C14H29N3O/c1-2-5-16-7-9-17(10-8-16)6-4-15-12-14-3-11-18-13-14/h14-15H,2-13H2,1H3. The molecule has 0 aromatic rings. The van der Waals surface area contributed by atoms with Gasteiger partial charge in [-0.15, -0.1) is 0 Å². The van der Waals surface area contributed by atoms with Gasteiger partial charge in [-0.2, -0.15) is 0 Å². The first-order valence-electron chi connectivity index (χ1n) is 7.61. The molecule has 0 aliphatic carbocycles. The van der Waals surface area contributed by atoms with Gasteiger partial charge in [0.15, 0.2) is 0 Å². The van der Waals surface area contributed by atoms with Gasteiger partial charge in [0.25, 0.3) is 0 Å². The topological polar surface area (TPSA) is 27.7 Å². The monoisotopic (exact) mass is 255 g/mol. The Kier molecular flexibility index (Phi) is 6.41. The van der Waals surface area contributed by atoms with E-state index in [9.17, 15) is 0 Å². The molecule has 1 unspecified atom stereocenters. The molecule has 1 N–H and O–H groups in total. The van der Waals surface area contributed by atoms with Crippen LogP contribution in [0.2, 0.25) is 0 Å². The molecule has 2 heterocycles. The summed E-state index contributed by atoms with van der Waals surface area (Å²) in [5, 5.41) is 3.58. The molecule has 2 fully saturated rings. The Labute approximate surface area is 112 Å². The van der Waals surface area contributed by atoms with Crippen LogP contribution < -0.4 is 5.32 Å². The van der Waals surface area contributed by atoms with Crippen LogP contribution in [0.4, 0.5) is 0 Å². The second-order valence-corrected chi connectivity index (χ2v) is 5.62. The van der Waals surface area contributed by atoms with E-state index < -0.39 is 0 Å². The minimum atomic E-state index is 0.756. The molecule has 1 atom stereocenters. The summed E-state index contributed by atoms with van der Waals surface area (Å²) < 4.78 is 5.38. The first kappa shape index (κ1) is 14.3. The second kappa shape index (κ2) is 8.10. The molecule has 2 aliphatic heterocycles. The Balaban J connectivity index is 1.47. The first-order valence-corrected chi connectivity index (χ1v) is 7.61. The maximum atomic E-state index is 5.38. The maximum absolute atomic E-state index is 5.38. The highest BCUT2D eigenvalue weighted by molar-refractivity contribution is 4.73. The average molecular weight is 255 g/mol. The van der Waals surface area contributed by atoms with Crippen molar-refractivity contribution >= 4 is 0 Å². The van der Waals surface area contributed by atoms with Crippen LogP contribution in [-0.2, 0) is 4.74 Å². The zero-order valence-corrected chi connectivity index (χ0v) is 11.9. The summed E-state index contributed by atoms with van der Waals surface area (Å²) >= 11 is 0. The van der Waals surface area contributed by atoms with Crippen LogP contribution in [0.3, 0.4) is 0 Å². The molecule has 0 aromatic carbocycles. The lowest BCUT2D eigenvalue weighted by Gasteiger charge is -2.34. The lowest BCUT2D eigenvalue weighted by Crippen LogP contribution is -2.48. The van der Waals surface area contributed by atoms with Crippen LogP contribution >= 0.6 is 0 Å². The third-order valence-electron chi connectivity index (χ3n) is 4.07. The van der Waals surface area contributed by atoms with Crippen molar-refractivity contribution < 1.29 is 4.74 Å². The predicted molar refractivity (Wildman–Crippen MR) is 75.0 cm³/mol. The summed E-state index contributed by atoms with van der Waals surface area (Å²) in [6.45, 7) is 13.9. The van der Waals surface area contributed by atoms with Crippen molar-refractivity contribution in [2.75, 3.05) is 65.6 Å². The normalized spacial score (nSPS) is 26.8. The van der Waals surface area contributed by atoms with Gasteiger partial charge in [-0.1, -0.05) is 6.92 Å². The van der Waals surface area contributed by atoms with Gasteiger partial charge in [-0.05, 0) is 25.3 Å². The van der Waals surface area contributed by atoms with E-state index in [1.807, 2.05) is 0 Å². The second-order valence-electron chi connectivity index (χ2n) is 5.62. The van der Waals surface area contributed by atoms with Crippen molar-refractivity contribution in [2.45, 2.75) is 19.8 Å². The van der Waals surface area contributed by atoms with Gasteiger partial charge in [0.05, 0.1) is 6.61 Å². The fraction of sp³-hybridized carbons (Fsp3) is 1.00. The van der Waals surface area contributed by atoms with Gasteiger partial charge in [0, 0.05) is 52.4 Å². The largest absolute Gasteiger partial charge is 0.381 e. The van der Waals surface area contributed by atoms with Crippen molar-refractivity contribution in [1.29, 1.82) is 0 Å². The Bertz CT molecular complexity index is 211. The molecule has 2 aliphatic rings. The number of rotatable bonds is 7. The zero-order valence-electron chi connectivity index (χ0n) is 11.9.